The molecule has 0 amide bonds. The molecule has 0 radical (unpaired) electrons. The Kier molecular flexibility index (Phi) is 6.10. The van der Waals surface area contributed by atoms with Gasteiger partial charge in [0.05, 0.1) is 21.3 Å². The summed E-state index contributed by atoms with van der Waals surface area (Å²) >= 11 is 0. The fourth-order valence-corrected chi connectivity index (χ4v) is 2.43. The summed E-state index contributed by atoms with van der Waals surface area (Å²) in [5.74, 6) is 2.83. The standard InChI is InChI=1S/C20H24O3/c1-15(13-16-7-10-18(21-2)11-8-16)5-6-17-9-12-19(22-3)20(14-17)23-4/h5-12,14-15H,13H2,1-4H3/b6-5+. The van der Waals surface area contributed by atoms with Crippen molar-refractivity contribution in [2.24, 2.45) is 5.92 Å². The Balaban J connectivity index is 2.01. The first-order chi connectivity index (χ1) is 11.2. The van der Waals surface area contributed by atoms with Gasteiger partial charge in [-0.15, -0.1) is 0 Å². The maximum Gasteiger partial charge on any atom is 0.161 e. The summed E-state index contributed by atoms with van der Waals surface area (Å²) in [7, 11) is 4.98. The normalized spacial score (nSPS) is 12.2. The van der Waals surface area contributed by atoms with Crippen molar-refractivity contribution in [2.45, 2.75) is 13.3 Å². The zero-order valence-electron chi connectivity index (χ0n) is 14.2. The van der Waals surface area contributed by atoms with Crippen molar-refractivity contribution in [1.82, 2.24) is 0 Å². The average Bonchev–Trinajstić information content (AvgIpc) is 2.60. The molecule has 2 rings (SSSR count). The van der Waals surface area contributed by atoms with Crippen molar-refractivity contribution in [3.63, 3.8) is 0 Å². The van der Waals surface area contributed by atoms with Crippen LogP contribution >= 0.6 is 0 Å². The Morgan fingerprint density at radius 2 is 1.57 bits per heavy atom. The molecule has 0 aliphatic rings. The van der Waals surface area contributed by atoms with Crippen molar-refractivity contribution >= 4 is 6.08 Å². The molecule has 23 heavy (non-hydrogen) atoms. The van der Waals surface area contributed by atoms with Crippen LogP contribution in [0.4, 0.5) is 0 Å². The van der Waals surface area contributed by atoms with E-state index in [0.29, 0.717) is 5.92 Å². The highest BCUT2D eigenvalue weighted by Crippen LogP contribution is 2.28. The molecule has 3 nitrogen and oxygen atoms in total. The maximum absolute atomic E-state index is 5.33. The molecule has 0 N–H and O–H groups in total. The number of allylic oxidation sites excluding steroid dienone is 1. The van der Waals surface area contributed by atoms with Crippen molar-refractivity contribution in [2.75, 3.05) is 21.3 Å². The largest absolute Gasteiger partial charge is 0.497 e. The molecule has 122 valence electrons. The SMILES string of the molecule is COc1ccc(CC(C)/C=C/c2ccc(OC)c(OC)c2)cc1. The monoisotopic (exact) mass is 312 g/mol. The van der Waals surface area contributed by atoms with Crippen LogP contribution < -0.4 is 14.2 Å². The smallest absolute Gasteiger partial charge is 0.161 e. The predicted molar refractivity (Wildman–Crippen MR) is 94.4 cm³/mol. The number of ether oxygens (including phenoxy) is 3. The number of hydrogen-bond acceptors (Lipinski definition) is 3. The first-order valence-corrected chi connectivity index (χ1v) is 7.69. The van der Waals surface area contributed by atoms with E-state index in [2.05, 4.69) is 31.2 Å². The molecule has 0 saturated heterocycles. The Hall–Kier alpha value is -2.42. The van der Waals surface area contributed by atoms with Gasteiger partial charge >= 0.3 is 0 Å². The van der Waals surface area contributed by atoms with Gasteiger partial charge in [-0.25, -0.2) is 0 Å². The lowest BCUT2D eigenvalue weighted by atomic mass is 9.99. The van der Waals surface area contributed by atoms with E-state index >= 15 is 0 Å². The third-order valence-corrected chi connectivity index (χ3v) is 3.74. The lowest BCUT2D eigenvalue weighted by molar-refractivity contribution is 0.355. The van der Waals surface area contributed by atoms with Crippen LogP contribution in [0, 0.1) is 5.92 Å². The van der Waals surface area contributed by atoms with Gasteiger partial charge in [-0.05, 0) is 47.7 Å². The van der Waals surface area contributed by atoms with E-state index in [0.717, 1.165) is 29.2 Å². The van der Waals surface area contributed by atoms with Gasteiger partial charge in [0.15, 0.2) is 11.5 Å². The highest BCUT2D eigenvalue weighted by Gasteiger charge is 2.04. The van der Waals surface area contributed by atoms with E-state index < -0.39 is 0 Å². The minimum Gasteiger partial charge on any atom is -0.497 e. The molecule has 0 aromatic heterocycles. The third-order valence-electron chi connectivity index (χ3n) is 3.74. The van der Waals surface area contributed by atoms with E-state index in [4.69, 9.17) is 14.2 Å². The van der Waals surface area contributed by atoms with Crippen LogP contribution in [0.25, 0.3) is 6.08 Å². The number of rotatable bonds is 7. The molecule has 2 aromatic rings. The van der Waals surface area contributed by atoms with Gasteiger partial charge in [0.25, 0.3) is 0 Å². The summed E-state index contributed by atoms with van der Waals surface area (Å²) in [4.78, 5) is 0. The van der Waals surface area contributed by atoms with E-state index in [1.54, 1.807) is 21.3 Å². The van der Waals surface area contributed by atoms with Crippen LogP contribution in [-0.4, -0.2) is 21.3 Å². The predicted octanol–water partition coefficient (Wildman–Crippen LogP) is 4.60. The second-order valence-corrected chi connectivity index (χ2v) is 5.50. The van der Waals surface area contributed by atoms with Gasteiger partial charge in [-0.2, -0.15) is 0 Å². The quantitative estimate of drug-likeness (QED) is 0.747. The highest BCUT2D eigenvalue weighted by molar-refractivity contribution is 5.56. The van der Waals surface area contributed by atoms with Gasteiger partial charge in [-0.1, -0.05) is 37.3 Å². The molecule has 1 unspecified atom stereocenters. The molecule has 0 aliphatic heterocycles. The maximum atomic E-state index is 5.33. The number of methoxy groups -OCH3 is 3. The van der Waals surface area contributed by atoms with Gasteiger partial charge in [0.2, 0.25) is 0 Å². The number of benzene rings is 2. The van der Waals surface area contributed by atoms with Crippen LogP contribution in [0.5, 0.6) is 17.2 Å². The lowest BCUT2D eigenvalue weighted by Gasteiger charge is -2.09. The molecule has 0 saturated carbocycles. The molecule has 1 atom stereocenters. The first kappa shape index (κ1) is 16.9. The van der Waals surface area contributed by atoms with Gasteiger partial charge in [0, 0.05) is 0 Å². The molecule has 3 heteroatoms. The Labute approximate surface area is 138 Å². The van der Waals surface area contributed by atoms with Crippen molar-refractivity contribution < 1.29 is 14.2 Å². The Morgan fingerprint density at radius 1 is 0.870 bits per heavy atom. The van der Waals surface area contributed by atoms with Gasteiger partial charge < -0.3 is 14.2 Å². The van der Waals surface area contributed by atoms with E-state index in [1.165, 1.54) is 5.56 Å². The van der Waals surface area contributed by atoms with E-state index in [-0.39, 0.29) is 0 Å². The molecule has 0 heterocycles. The summed E-state index contributed by atoms with van der Waals surface area (Å²) in [6, 6.07) is 14.2. The van der Waals surface area contributed by atoms with Crippen LogP contribution in [-0.2, 0) is 6.42 Å². The molecule has 0 aliphatic carbocycles. The average molecular weight is 312 g/mol. The van der Waals surface area contributed by atoms with Crippen LogP contribution in [0.2, 0.25) is 0 Å². The second-order valence-electron chi connectivity index (χ2n) is 5.50. The van der Waals surface area contributed by atoms with Crippen LogP contribution in [0.1, 0.15) is 18.1 Å². The van der Waals surface area contributed by atoms with Gasteiger partial charge in [0.1, 0.15) is 5.75 Å². The molecule has 2 aromatic carbocycles. The summed E-state index contributed by atoms with van der Waals surface area (Å²) in [5.41, 5.74) is 2.40. The van der Waals surface area contributed by atoms with E-state index in [1.807, 2.05) is 30.3 Å². The summed E-state index contributed by atoms with van der Waals surface area (Å²) in [6.45, 7) is 2.21. The first-order valence-electron chi connectivity index (χ1n) is 7.69. The zero-order valence-corrected chi connectivity index (χ0v) is 14.2. The van der Waals surface area contributed by atoms with Crippen molar-refractivity contribution in [1.29, 1.82) is 0 Å². The molecule has 0 bridgehead atoms. The van der Waals surface area contributed by atoms with E-state index in [9.17, 15) is 0 Å². The molecular formula is C20H24O3. The van der Waals surface area contributed by atoms with Crippen molar-refractivity contribution in [3.8, 4) is 17.2 Å². The molecule has 0 fully saturated rings. The Morgan fingerprint density at radius 3 is 2.17 bits per heavy atom. The Bertz CT molecular complexity index is 644. The van der Waals surface area contributed by atoms with Crippen LogP contribution in [0.15, 0.2) is 48.5 Å². The molecular weight excluding hydrogens is 288 g/mol. The zero-order chi connectivity index (χ0) is 16.7. The van der Waals surface area contributed by atoms with Crippen LogP contribution in [0.3, 0.4) is 0 Å². The fourth-order valence-electron chi connectivity index (χ4n) is 2.43. The second kappa shape index (κ2) is 8.28. The minimum absolute atomic E-state index is 0.441. The van der Waals surface area contributed by atoms with Gasteiger partial charge in [-0.3, -0.25) is 0 Å². The highest BCUT2D eigenvalue weighted by atomic mass is 16.5. The lowest BCUT2D eigenvalue weighted by Crippen LogP contribution is -1.96. The summed E-state index contributed by atoms with van der Waals surface area (Å²) in [6.07, 6.45) is 5.33. The summed E-state index contributed by atoms with van der Waals surface area (Å²) in [5, 5.41) is 0. The topological polar surface area (TPSA) is 27.7 Å². The minimum atomic E-state index is 0.441. The summed E-state index contributed by atoms with van der Waals surface area (Å²) < 4.78 is 15.8. The fraction of sp³-hybridized carbons (Fsp3) is 0.300. The molecule has 0 spiro atoms. The van der Waals surface area contributed by atoms with Crippen molar-refractivity contribution in [3.05, 3.63) is 59.7 Å². The third kappa shape index (κ3) is 4.78. The number of hydrogen-bond donors (Lipinski definition) is 0.